The fourth-order valence-corrected chi connectivity index (χ4v) is 4.36. The molecule has 1 N–H and O–H groups in total. The Kier molecular flexibility index (Phi) is 5.43. The Balaban J connectivity index is 1.50. The summed E-state index contributed by atoms with van der Waals surface area (Å²) in [5.74, 6) is -4.29. The van der Waals surface area contributed by atoms with Crippen LogP contribution < -0.4 is 14.8 Å². The lowest BCUT2D eigenvalue weighted by Crippen LogP contribution is -2.60. The van der Waals surface area contributed by atoms with E-state index in [0.717, 1.165) is 0 Å². The van der Waals surface area contributed by atoms with Crippen LogP contribution >= 0.6 is 11.6 Å². The average molecular weight is 512 g/mol. The van der Waals surface area contributed by atoms with Crippen LogP contribution in [-0.4, -0.2) is 66.3 Å². The maximum Gasteiger partial charge on any atom is 0.296 e. The smallest absolute Gasteiger partial charge is 0.296 e. The number of hydrogen-bond acceptors (Lipinski definition) is 7. The number of hydrogen-bond donors (Lipinski definition) is 1. The molecule has 2 aliphatic rings. The third kappa shape index (κ3) is 4.57. The van der Waals surface area contributed by atoms with Crippen molar-refractivity contribution < 1.29 is 31.5 Å². The number of nitrogens with one attached hydrogen (secondary N) is 1. The molecule has 3 aromatic rings. The second-order valence-corrected chi connectivity index (χ2v) is 9.02. The zero-order chi connectivity index (χ0) is 27.2. The minimum Gasteiger partial charge on any atom is -0.493 e. The highest BCUT2D eigenvalue weighted by Gasteiger charge is 2.48. The van der Waals surface area contributed by atoms with Crippen molar-refractivity contribution in [2.45, 2.75) is 31.4 Å². The number of nitrogens with zero attached hydrogens (tertiary/aromatic N) is 3. The van der Waals surface area contributed by atoms with E-state index in [-0.39, 0.29) is 51.4 Å². The summed E-state index contributed by atoms with van der Waals surface area (Å²) in [5.41, 5.74) is 0.797. The fraction of sp³-hybridized carbons (Fsp3) is 0.417. The Morgan fingerprint density at radius 2 is 2.09 bits per heavy atom. The Hall–Kier alpha value is -2.82. The Morgan fingerprint density at radius 1 is 1.26 bits per heavy atom. The van der Waals surface area contributed by atoms with Gasteiger partial charge in [0, 0.05) is 24.4 Å². The first-order valence-electron chi connectivity index (χ1n) is 12.5. The van der Waals surface area contributed by atoms with Crippen LogP contribution in [0.4, 0.5) is 24.7 Å². The van der Waals surface area contributed by atoms with Crippen molar-refractivity contribution in [2.24, 2.45) is 0 Å². The van der Waals surface area contributed by atoms with E-state index in [9.17, 15) is 4.39 Å². The van der Waals surface area contributed by atoms with Gasteiger partial charge in [-0.3, -0.25) is 4.90 Å². The Bertz CT molecular complexity index is 1360. The molecule has 0 amide bonds. The lowest BCUT2D eigenvalue weighted by Gasteiger charge is -2.44. The number of aryl methyl sites for hydroxylation is 1. The molecule has 0 aliphatic carbocycles. The zero-order valence-electron chi connectivity index (χ0n) is 21.7. The quantitative estimate of drug-likeness (QED) is 0.501. The number of benzene rings is 2. The number of anilines is 2. The van der Waals surface area contributed by atoms with Gasteiger partial charge in [0.1, 0.15) is 12.1 Å². The van der Waals surface area contributed by atoms with E-state index in [1.54, 1.807) is 17.9 Å². The highest BCUT2D eigenvalue weighted by molar-refractivity contribution is 6.31. The van der Waals surface area contributed by atoms with Crippen molar-refractivity contribution in [3.8, 4) is 11.5 Å². The van der Waals surface area contributed by atoms with Gasteiger partial charge in [-0.25, -0.2) is 23.1 Å². The minimum atomic E-state index is -3.23. The normalized spacial score (nSPS) is 22.1. The van der Waals surface area contributed by atoms with Crippen molar-refractivity contribution in [1.29, 1.82) is 0 Å². The highest BCUT2D eigenvalue weighted by Crippen LogP contribution is 2.39. The first kappa shape index (κ1) is 20.4. The molecule has 5 rings (SSSR count). The molecule has 7 nitrogen and oxygen atoms in total. The van der Waals surface area contributed by atoms with Gasteiger partial charge in [0.2, 0.25) is 0 Å². The summed E-state index contributed by atoms with van der Waals surface area (Å²) in [6, 6.07) is 5.63. The fourth-order valence-electron chi connectivity index (χ4n) is 4.20. The summed E-state index contributed by atoms with van der Waals surface area (Å²) < 4.78 is 83.5. The molecular weight excluding hydrogens is 485 g/mol. The van der Waals surface area contributed by atoms with E-state index in [1.165, 1.54) is 24.5 Å². The number of rotatable bonds is 6. The number of ether oxygens (including phenoxy) is 3. The van der Waals surface area contributed by atoms with Crippen LogP contribution in [0.5, 0.6) is 11.5 Å². The number of methoxy groups -OCH3 is 1. The lowest BCUT2D eigenvalue weighted by molar-refractivity contribution is -0.170. The van der Waals surface area contributed by atoms with Gasteiger partial charge < -0.3 is 19.5 Å². The van der Waals surface area contributed by atoms with Crippen LogP contribution in [0.2, 0.25) is 5.02 Å². The molecule has 2 saturated heterocycles. The average Bonchev–Trinajstić information content (AvgIpc) is 2.79. The molecule has 0 saturated carbocycles. The summed E-state index contributed by atoms with van der Waals surface area (Å²) in [6.07, 6.45) is -0.352. The molecular formula is C24H24ClF3N4O3. The summed E-state index contributed by atoms with van der Waals surface area (Å²) in [4.78, 5) is 9.96. The number of piperidine rings is 1. The molecule has 2 fully saturated rings. The number of fused-ring (bicyclic) bond motifs is 1. The van der Waals surface area contributed by atoms with Gasteiger partial charge in [0.25, 0.3) is 5.92 Å². The van der Waals surface area contributed by atoms with Crippen LogP contribution in [0.1, 0.15) is 16.1 Å². The van der Waals surface area contributed by atoms with Gasteiger partial charge in [0.15, 0.2) is 23.4 Å². The van der Waals surface area contributed by atoms with Gasteiger partial charge in [0.05, 0.1) is 53.2 Å². The third-order valence-corrected chi connectivity index (χ3v) is 6.77. The van der Waals surface area contributed by atoms with Crippen LogP contribution in [0, 0.1) is 12.7 Å². The summed E-state index contributed by atoms with van der Waals surface area (Å²) >= 11 is 6.03. The number of aromatic nitrogens is 2. The highest BCUT2D eigenvalue weighted by atomic mass is 35.5. The van der Waals surface area contributed by atoms with E-state index in [1.807, 2.05) is 0 Å². The lowest BCUT2D eigenvalue weighted by atomic mass is 10.0. The maximum absolute atomic E-state index is 15.1. The van der Waals surface area contributed by atoms with Crippen LogP contribution in [0.25, 0.3) is 10.9 Å². The molecule has 2 aromatic carbocycles. The molecule has 3 heterocycles. The van der Waals surface area contributed by atoms with Gasteiger partial charge in [-0.1, -0.05) is 17.7 Å². The van der Waals surface area contributed by atoms with Gasteiger partial charge in [-0.05, 0) is 24.6 Å². The van der Waals surface area contributed by atoms with Crippen LogP contribution in [0.15, 0.2) is 30.6 Å². The minimum absolute atomic E-state index is 0.00177. The summed E-state index contributed by atoms with van der Waals surface area (Å²) in [6.45, 7) is 2.32. The van der Waals surface area contributed by atoms with Crippen molar-refractivity contribution in [3.63, 3.8) is 0 Å². The predicted octanol–water partition coefficient (Wildman–Crippen LogP) is 4.97. The second-order valence-electron chi connectivity index (χ2n) is 8.64. The first-order chi connectivity index (χ1) is 17.9. The topological polar surface area (TPSA) is 68.7 Å². The molecule has 2 aliphatic heterocycles. The van der Waals surface area contributed by atoms with Crippen molar-refractivity contribution in [1.82, 2.24) is 14.9 Å². The second kappa shape index (κ2) is 9.33. The molecule has 0 radical (unpaired) electrons. The Labute approximate surface area is 209 Å². The zero-order valence-corrected chi connectivity index (χ0v) is 19.4. The molecule has 1 aromatic heterocycles. The number of alkyl halides is 2. The molecule has 186 valence electrons. The molecule has 35 heavy (non-hydrogen) atoms. The third-order valence-electron chi connectivity index (χ3n) is 6.31. The summed E-state index contributed by atoms with van der Waals surface area (Å²) in [7, 11) is -2.88. The summed E-state index contributed by atoms with van der Waals surface area (Å²) in [5, 5.41) is 3.05. The molecule has 0 bridgehead atoms. The van der Waals surface area contributed by atoms with E-state index >= 15 is 8.78 Å². The van der Waals surface area contributed by atoms with Gasteiger partial charge in [-0.15, -0.1) is 0 Å². The molecule has 0 unspecified atom stereocenters. The monoisotopic (exact) mass is 511 g/mol. The molecule has 11 heteroatoms. The van der Waals surface area contributed by atoms with Crippen molar-refractivity contribution >= 4 is 34.0 Å². The van der Waals surface area contributed by atoms with Crippen molar-refractivity contribution in [3.05, 3.63) is 47.0 Å². The predicted molar refractivity (Wildman–Crippen MR) is 126 cm³/mol. The van der Waals surface area contributed by atoms with E-state index in [2.05, 4.69) is 15.3 Å². The van der Waals surface area contributed by atoms with E-state index < -0.39 is 31.4 Å². The maximum atomic E-state index is 15.1. The largest absolute Gasteiger partial charge is 0.493 e. The van der Waals surface area contributed by atoms with E-state index in [0.29, 0.717) is 25.3 Å². The standard InChI is InChI=1S/C24H24ClF3N4O3/c1-13-3-4-16(22(26)21(13)25)31-23-15-7-19(18(33-2)8-17(15)29-12-30-23)35-20-5-6-32(11-24(20,27)28)14-9-34-10-14/h3-4,7-8,12,14,20H,5-6,9-11H2,1-2H3,(H,29,30,31)/t20-/m0/s1/i2D3. The number of halogens is 4. The molecule has 1 atom stereocenters. The van der Waals surface area contributed by atoms with Gasteiger partial charge >= 0.3 is 0 Å². The Morgan fingerprint density at radius 3 is 2.80 bits per heavy atom. The molecule has 0 spiro atoms. The number of likely N-dealkylation sites (tertiary alicyclic amines) is 1. The van der Waals surface area contributed by atoms with Crippen LogP contribution in [0.3, 0.4) is 0 Å². The SMILES string of the molecule is [2H]C([2H])([2H])Oc1cc2ncnc(Nc3ccc(C)c(Cl)c3F)c2cc1O[C@H]1CCN(C2COC2)CC1(F)F. The first-order valence-corrected chi connectivity index (χ1v) is 11.3. The van der Waals surface area contributed by atoms with Crippen molar-refractivity contribution in [2.75, 3.05) is 38.7 Å². The van der Waals surface area contributed by atoms with Gasteiger partial charge in [-0.2, -0.15) is 0 Å². The van der Waals surface area contributed by atoms with E-state index in [4.69, 9.17) is 29.9 Å². The van der Waals surface area contributed by atoms with Crippen LogP contribution in [-0.2, 0) is 4.74 Å².